The molecule has 0 radical (unpaired) electrons. The van der Waals surface area contributed by atoms with Crippen LogP contribution in [0.25, 0.3) is 5.69 Å². The lowest BCUT2D eigenvalue weighted by atomic mass is 10.1. The first kappa shape index (κ1) is 18.5. The van der Waals surface area contributed by atoms with Crippen molar-refractivity contribution in [2.24, 2.45) is 0 Å². The van der Waals surface area contributed by atoms with Gasteiger partial charge in [0.25, 0.3) is 0 Å². The zero-order valence-electron chi connectivity index (χ0n) is 15.3. The first-order valence-electron chi connectivity index (χ1n) is 8.17. The maximum Gasteiger partial charge on any atom is 0.321 e. The summed E-state index contributed by atoms with van der Waals surface area (Å²) in [5.41, 5.74) is 1.37. The van der Waals surface area contributed by atoms with Crippen LogP contribution in [0.15, 0.2) is 36.5 Å². The fraction of sp³-hybridized carbons (Fsp3) is 0.389. The average molecular weight is 343 g/mol. The van der Waals surface area contributed by atoms with Crippen LogP contribution in [0.5, 0.6) is 0 Å². The van der Waals surface area contributed by atoms with Crippen LogP contribution in [0.1, 0.15) is 33.3 Å². The van der Waals surface area contributed by atoms with Crippen molar-refractivity contribution in [3.8, 4) is 5.69 Å². The predicted octanol–water partition coefficient (Wildman–Crippen LogP) is 2.61. The summed E-state index contributed by atoms with van der Waals surface area (Å²) < 4.78 is 1.70. The summed E-state index contributed by atoms with van der Waals surface area (Å²) >= 11 is 0. The Bertz CT molecular complexity index is 747. The second kappa shape index (κ2) is 7.38. The van der Waals surface area contributed by atoms with Gasteiger partial charge in [-0.2, -0.15) is 0 Å². The lowest BCUT2D eigenvalue weighted by Crippen LogP contribution is -2.51. The van der Waals surface area contributed by atoms with E-state index < -0.39 is 12.1 Å². The van der Waals surface area contributed by atoms with Crippen molar-refractivity contribution in [1.82, 2.24) is 20.4 Å². The monoisotopic (exact) mass is 343 g/mol. The Labute approximate surface area is 147 Å². The van der Waals surface area contributed by atoms with E-state index in [-0.39, 0.29) is 11.4 Å². The van der Waals surface area contributed by atoms with E-state index in [1.54, 1.807) is 11.6 Å². The van der Waals surface area contributed by atoms with Crippen LogP contribution in [0.2, 0.25) is 0 Å². The number of amides is 3. The molecule has 0 aliphatic carbocycles. The molecular weight excluding hydrogens is 318 g/mol. The number of rotatable bonds is 4. The molecule has 1 aromatic heterocycles. The molecule has 0 aliphatic heterocycles. The predicted molar refractivity (Wildman–Crippen MR) is 97.8 cm³/mol. The smallest absolute Gasteiger partial charge is 0.321 e. The molecule has 1 atom stereocenters. The number of carbonyl (C=O) groups is 2. The van der Waals surface area contributed by atoms with Gasteiger partial charge in [0.15, 0.2) is 5.82 Å². The number of nitrogens with one attached hydrogen (secondary N) is 3. The van der Waals surface area contributed by atoms with E-state index in [1.165, 1.54) is 0 Å². The molecule has 0 bridgehead atoms. The summed E-state index contributed by atoms with van der Waals surface area (Å²) in [6.07, 6.45) is 1.83. The van der Waals surface area contributed by atoms with Gasteiger partial charge in [0.05, 0.1) is 5.69 Å². The zero-order valence-corrected chi connectivity index (χ0v) is 15.3. The molecule has 1 heterocycles. The van der Waals surface area contributed by atoms with Crippen LogP contribution >= 0.6 is 0 Å². The third-order valence-electron chi connectivity index (χ3n) is 3.39. The topological polar surface area (TPSA) is 88.1 Å². The van der Waals surface area contributed by atoms with Crippen molar-refractivity contribution in [1.29, 1.82) is 0 Å². The minimum atomic E-state index is -0.657. The number of hydrogen-bond acceptors (Lipinski definition) is 3. The molecule has 0 spiro atoms. The van der Waals surface area contributed by atoms with Crippen LogP contribution in [-0.2, 0) is 4.79 Å². The summed E-state index contributed by atoms with van der Waals surface area (Å²) in [5, 5.41) is 12.5. The molecule has 0 saturated carbocycles. The van der Waals surface area contributed by atoms with Crippen molar-refractivity contribution < 1.29 is 9.59 Å². The number of benzene rings is 1. The van der Waals surface area contributed by atoms with E-state index >= 15 is 0 Å². The minimum Gasteiger partial charge on any atom is -0.350 e. The Kier molecular flexibility index (Phi) is 5.46. The highest BCUT2D eigenvalue weighted by Crippen LogP contribution is 2.15. The van der Waals surface area contributed by atoms with Gasteiger partial charge in [-0.15, -0.1) is 5.10 Å². The van der Waals surface area contributed by atoms with Gasteiger partial charge in [-0.1, -0.05) is 18.2 Å². The van der Waals surface area contributed by atoms with Crippen molar-refractivity contribution in [3.63, 3.8) is 0 Å². The zero-order chi connectivity index (χ0) is 18.6. The van der Waals surface area contributed by atoms with Gasteiger partial charge in [-0.05, 0) is 46.8 Å². The van der Waals surface area contributed by atoms with Gasteiger partial charge < -0.3 is 10.6 Å². The molecule has 0 aliphatic rings. The normalized spacial score (nSPS) is 12.4. The number of hydrogen-bond donors (Lipinski definition) is 3. The van der Waals surface area contributed by atoms with E-state index in [9.17, 15) is 9.59 Å². The largest absolute Gasteiger partial charge is 0.350 e. The van der Waals surface area contributed by atoms with Crippen molar-refractivity contribution in [3.05, 3.63) is 42.1 Å². The van der Waals surface area contributed by atoms with Crippen LogP contribution in [0.4, 0.5) is 10.6 Å². The van der Waals surface area contributed by atoms with Gasteiger partial charge >= 0.3 is 6.03 Å². The number of aryl methyl sites for hydroxylation is 1. The molecule has 2 aromatic rings. The molecule has 0 fully saturated rings. The quantitative estimate of drug-likeness (QED) is 0.797. The van der Waals surface area contributed by atoms with Crippen LogP contribution < -0.4 is 16.0 Å². The van der Waals surface area contributed by atoms with E-state index in [0.29, 0.717) is 5.82 Å². The molecular formula is C18H25N5O2. The molecule has 134 valence electrons. The SMILES string of the molecule is Cc1cn(-c2ccccc2)nc1NC(=O)N[C@H](C)C(=O)NC(C)(C)C. The number of urea groups is 1. The second-order valence-corrected chi connectivity index (χ2v) is 7.00. The number of aromatic nitrogens is 2. The fourth-order valence-electron chi connectivity index (χ4n) is 2.18. The average Bonchev–Trinajstić information content (AvgIpc) is 2.87. The van der Waals surface area contributed by atoms with E-state index in [4.69, 9.17) is 0 Å². The minimum absolute atomic E-state index is 0.241. The molecule has 3 N–H and O–H groups in total. The lowest BCUT2D eigenvalue weighted by molar-refractivity contribution is -0.123. The Morgan fingerprint density at radius 2 is 1.80 bits per heavy atom. The maximum absolute atomic E-state index is 12.1. The van der Waals surface area contributed by atoms with Crippen molar-refractivity contribution in [2.45, 2.75) is 46.2 Å². The Morgan fingerprint density at radius 1 is 1.16 bits per heavy atom. The van der Waals surface area contributed by atoms with Crippen LogP contribution in [0, 0.1) is 6.92 Å². The van der Waals surface area contributed by atoms with Crippen LogP contribution in [0.3, 0.4) is 0 Å². The number of para-hydroxylation sites is 1. The Hall–Kier alpha value is -2.83. The molecule has 0 unspecified atom stereocenters. The molecule has 7 nitrogen and oxygen atoms in total. The summed E-state index contributed by atoms with van der Waals surface area (Å²) in [6.45, 7) is 9.15. The van der Waals surface area contributed by atoms with Gasteiger partial charge in [0.2, 0.25) is 5.91 Å². The van der Waals surface area contributed by atoms with Gasteiger partial charge in [0, 0.05) is 17.3 Å². The third-order valence-corrected chi connectivity index (χ3v) is 3.39. The molecule has 25 heavy (non-hydrogen) atoms. The van der Waals surface area contributed by atoms with E-state index in [0.717, 1.165) is 11.3 Å². The Balaban J connectivity index is 1.99. The standard InChI is InChI=1S/C18H25N5O2/c1-12-11-23(14-9-7-6-8-10-14)22-15(12)20-17(25)19-13(2)16(24)21-18(3,4)5/h6-11,13H,1-5H3,(H,21,24)(H2,19,20,22,25)/t13-/m1/s1. The Morgan fingerprint density at radius 3 is 2.40 bits per heavy atom. The fourth-order valence-corrected chi connectivity index (χ4v) is 2.18. The number of nitrogens with zero attached hydrogens (tertiary/aromatic N) is 2. The van der Waals surface area contributed by atoms with Gasteiger partial charge in [-0.25, -0.2) is 9.48 Å². The molecule has 0 saturated heterocycles. The van der Waals surface area contributed by atoms with Crippen molar-refractivity contribution in [2.75, 3.05) is 5.32 Å². The van der Waals surface area contributed by atoms with E-state index in [1.807, 2.05) is 64.2 Å². The lowest BCUT2D eigenvalue weighted by Gasteiger charge is -2.23. The highest BCUT2D eigenvalue weighted by atomic mass is 16.2. The molecule has 7 heteroatoms. The summed E-state index contributed by atoms with van der Waals surface area (Å²) in [4.78, 5) is 24.2. The highest BCUT2D eigenvalue weighted by Gasteiger charge is 2.21. The van der Waals surface area contributed by atoms with Gasteiger partial charge in [-0.3, -0.25) is 10.1 Å². The van der Waals surface area contributed by atoms with Crippen LogP contribution in [-0.4, -0.2) is 33.3 Å². The molecule has 1 aromatic carbocycles. The van der Waals surface area contributed by atoms with Crippen molar-refractivity contribution >= 4 is 17.8 Å². The first-order chi connectivity index (χ1) is 11.7. The van der Waals surface area contributed by atoms with Gasteiger partial charge in [0.1, 0.15) is 6.04 Å². The summed E-state index contributed by atoms with van der Waals surface area (Å²) in [5.74, 6) is 0.207. The number of carbonyl (C=O) groups excluding carboxylic acids is 2. The second-order valence-electron chi connectivity index (χ2n) is 7.00. The first-order valence-corrected chi connectivity index (χ1v) is 8.17. The molecule has 3 amide bonds. The maximum atomic E-state index is 12.1. The highest BCUT2D eigenvalue weighted by molar-refractivity contribution is 5.93. The molecule has 2 rings (SSSR count). The summed E-state index contributed by atoms with van der Waals surface area (Å²) in [7, 11) is 0. The number of anilines is 1. The van der Waals surface area contributed by atoms with E-state index in [2.05, 4.69) is 21.0 Å². The third kappa shape index (κ3) is 5.34. The summed E-state index contributed by atoms with van der Waals surface area (Å²) in [6, 6.07) is 8.48.